The molecule has 1 aliphatic heterocycles. The molecule has 0 saturated heterocycles. The minimum Gasteiger partial charge on any atom is -0.328 e. The number of nitrogens with one attached hydrogen (secondary N) is 2. The van der Waals surface area contributed by atoms with Crippen molar-refractivity contribution in [2.45, 2.75) is 32.0 Å². The topological polar surface area (TPSA) is 71.8 Å². The highest BCUT2D eigenvalue weighted by molar-refractivity contribution is 7.98. The Morgan fingerprint density at radius 1 is 1.20 bits per heavy atom. The van der Waals surface area contributed by atoms with Gasteiger partial charge >= 0.3 is 0 Å². The molecule has 0 bridgehead atoms. The number of thioether (sulfide) groups is 1. The molecule has 3 aromatic rings. The summed E-state index contributed by atoms with van der Waals surface area (Å²) in [5.41, 5.74) is 5.11. The smallest absolute Gasteiger partial charge is 0.255 e. The fraction of sp³-hybridized carbons (Fsp3) is 0.227. The molecule has 6 nitrogen and oxygen atoms in total. The molecule has 0 fully saturated rings. The van der Waals surface area contributed by atoms with E-state index in [1.54, 1.807) is 4.68 Å². The van der Waals surface area contributed by atoms with Crippen LogP contribution in [0.15, 0.2) is 58.9 Å². The van der Waals surface area contributed by atoms with Crippen LogP contribution in [0.2, 0.25) is 5.02 Å². The largest absolute Gasteiger partial charge is 0.328 e. The molecular formula is C22H22ClN5OS. The number of aryl methyl sites for hydroxylation is 2. The highest BCUT2D eigenvalue weighted by atomic mass is 35.5. The molecule has 1 aliphatic rings. The molecule has 2 N–H and O–H groups in total. The zero-order valence-electron chi connectivity index (χ0n) is 17.2. The van der Waals surface area contributed by atoms with Crippen LogP contribution in [0.5, 0.6) is 0 Å². The van der Waals surface area contributed by atoms with Crippen LogP contribution in [-0.4, -0.2) is 26.9 Å². The Morgan fingerprint density at radius 3 is 2.70 bits per heavy atom. The SMILES string of the molecule is CSc1nc2n(n1)C(c1cccc(Cl)c1)C(C(=O)Nc1ccc(C)cc1C)=C(C)N2. The Hall–Kier alpha value is -2.77. The Morgan fingerprint density at radius 2 is 2.00 bits per heavy atom. The normalized spacial score (nSPS) is 15.6. The zero-order chi connectivity index (χ0) is 21.4. The lowest BCUT2D eigenvalue weighted by Crippen LogP contribution is -2.31. The number of rotatable bonds is 4. The molecular weight excluding hydrogens is 418 g/mol. The van der Waals surface area contributed by atoms with Crippen molar-refractivity contribution in [1.29, 1.82) is 0 Å². The predicted octanol–water partition coefficient (Wildman–Crippen LogP) is 5.20. The second kappa shape index (κ2) is 8.16. The van der Waals surface area contributed by atoms with Gasteiger partial charge in [-0.1, -0.05) is 53.2 Å². The third kappa shape index (κ3) is 3.82. The minimum absolute atomic E-state index is 0.191. The van der Waals surface area contributed by atoms with Gasteiger partial charge in [-0.25, -0.2) is 4.68 Å². The Balaban J connectivity index is 1.79. The lowest BCUT2D eigenvalue weighted by molar-refractivity contribution is -0.113. The number of carbonyl (C=O) groups excluding carboxylic acids is 1. The number of benzene rings is 2. The average Bonchev–Trinajstić information content (AvgIpc) is 3.11. The molecule has 1 amide bonds. The van der Waals surface area contributed by atoms with Crippen molar-refractivity contribution in [1.82, 2.24) is 14.8 Å². The fourth-order valence-electron chi connectivity index (χ4n) is 3.64. The molecule has 8 heteroatoms. The van der Waals surface area contributed by atoms with Crippen LogP contribution in [0.3, 0.4) is 0 Å². The zero-order valence-corrected chi connectivity index (χ0v) is 18.7. The summed E-state index contributed by atoms with van der Waals surface area (Å²) in [5, 5.41) is 12.1. The number of hydrogen-bond acceptors (Lipinski definition) is 5. The highest BCUT2D eigenvalue weighted by Crippen LogP contribution is 2.37. The summed E-state index contributed by atoms with van der Waals surface area (Å²) in [5.74, 6) is 0.411. The van der Waals surface area contributed by atoms with Gasteiger partial charge in [0.1, 0.15) is 6.04 Å². The van der Waals surface area contributed by atoms with Gasteiger partial charge in [-0.3, -0.25) is 4.79 Å². The number of hydrogen-bond donors (Lipinski definition) is 2. The lowest BCUT2D eigenvalue weighted by atomic mass is 9.95. The van der Waals surface area contributed by atoms with E-state index in [0.29, 0.717) is 21.7 Å². The lowest BCUT2D eigenvalue weighted by Gasteiger charge is -2.29. The first kappa shape index (κ1) is 20.5. The second-order valence-corrected chi connectivity index (χ2v) is 8.47. The number of anilines is 2. The van der Waals surface area contributed by atoms with Gasteiger partial charge in [0.15, 0.2) is 0 Å². The van der Waals surface area contributed by atoms with Crippen LogP contribution in [-0.2, 0) is 4.79 Å². The van der Waals surface area contributed by atoms with E-state index in [2.05, 4.69) is 20.7 Å². The van der Waals surface area contributed by atoms with Crippen molar-refractivity contribution in [3.05, 3.63) is 75.4 Å². The third-order valence-electron chi connectivity index (χ3n) is 5.05. The van der Waals surface area contributed by atoms with Crippen LogP contribution >= 0.6 is 23.4 Å². The maximum Gasteiger partial charge on any atom is 0.255 e. The van der Waals surface area contributed by atoms with Crippen molar-refractivity contribution >= 4 is 40.9 Å². The summed E-state index contributed by atoms with van der Waals surface area (Å²) in [6, 6.07) is 13.0. The molecule has 30 heavy (non-hydrogen) atoms. The maximum atomic E-state index is 13.5. The molecule has 2 aromatic carbocycles. The number of aromatic nitrogens is 3. The van der Waals surface area contributed by atoms with E-state index in [0.717, 1.165) is 28.1 Å². The van der Waals surface area contributed by atoms with E-state index in [1.807, 2.05) is 69.5 Å². The third-order valence-corrected chi connectivity index (χ3v) is 5.83. The maximum absolute atomic E-state index is 13.5. The first-order valence-electron chi connectivity index (χ1n) is 9.49. The number of nitrogens with zero attached hydrogens (tertiary/aromatic N) is 3. The summed E-state index contributed by atoms with van der Waals surface area (Å²) >= 11 is 7.72. The van der Waals surface area contributed by atoms with Crippen molar-refractivity contribution in [3.63, 3.8) is 0 Å². The van der Waals surface area contributed by atoms with E-state index in [-0.39, 0.29) is 5.91 Å². The molecule has 154 valence electrons. The summed E-state index contributed by atoms with van der Waals surface area (Å²) in [6.45, 7) is 5.89. The standard InChI is InChI=1S/C22H22ClN5OS/c1-12-8-9-17(13(2)10-12)25-20(29)18-14(3)24-21-26-22(30-4)27-28(21)19(18)15-6-5-7-16(23)11-15/h5-11,19H,1-4H3,(H,25,29)(H,24,26,27). The number of carbonyl (C=O) groups is 1. The van der Waals surface area contributed by atoms with E-state index in [1.165, 1.54) is 11.8 Å². The first-order valence-corrected chi connectivity index (χ1v) is 11.1. The Bertz CT molecular complexity index is 1170. The number of allylic oxidation sites excluding steroid dienone is 1. The summed E-state index contributed by atoms with van der Waals surface area (Å²) < 4.78 is 1.75. The Kier molecular flexibility index (Phi) is 5.58. The van der Waals surface area contributed by atoms with Crippen LogP contribution in [0.4, 0.5) is 11.6 Å². The first-order chi connectivity index (χ1) is 14.4. The van der Waals surface area contributed by atoms with E-state index in [4.69, 9.17) is 11.6 Å². The Labute approximate surface area is 184 Å². The molecule has 2 heterocycles. The van der Waals surface area contributed by atoms with Gasteiger partial charge in [0.2, 0.25) is 11.1 Å². The van der Waals surface area contributed by atoms with Crippen LogP contribution in [0, 0.1) is 13.8 Å². The molecule has 0 radical (unpaired) electrons. The number of fused-ring (bicyclic) bond motifs is 1. The van der Waals surface area contributed by atoms with Crippen LogP contribution in [0.1, 0.15) is 29.7 Å². The molecule has 1 unspecified atom stereocenters. The van der Waals surface area contributed by atoms with E-state index in [9.17, 15) is 4.79 Å². The second-order valence-electron chi connectivity index (χ2n) is 7.26. The van der Waals surface area contributed by atoms with Crippen LogP contribution < -0.4 is 10.6 Å². The summed E-state index contributed by atoms with van der Waals surface area (Å²) in [6.07, 6.45) is 1.92. The molecule has 4 rings (SSSR count). The predicted molar refractivity (Wildman–Crippen MR) is 122 cm³/mol. The molecule has 0 saturated carbocycles. The van der Waals surface area contributed by atoms with Gasteiger partial charge in [0.05, 0.1) is 5.57 Å². The van der Waals surface area contributed by atoms with Gasteiger partial charge in [-0.2, -0.15) is 4.98 Å². The monoisotopic (exact) mass is 439 g/mol. The molecule has 0 aliphatic carbocycles. The van der Waals surface area contributed by atoms with Crippen molar-refractivity contribution < 1.29 is 4.79 Å². The summed E-state index contributed by atoms with van der Waals surface area (Å²) in [4.78, 5) is 18.0. The summed E-state index contributed by atoms with van der Waals surface area (Å²) in [7, 11) is 0. The van der Waals surface area contributed by atoms with E-state index >= 15 is 0 Å². The minimum atomic E-state index is -0.445. The van der Waals surface area contributed by atoms with Gasteiger partial charge in [-0.05, 0) is 56.4 Å². The van der Waals surface area contributed by atoms with Gasteiger partial charge in [0.25, 0.3) is 5.91 Å². The van der Waals surface area contributed by atoms with Gasteiger partial charge in [0, 0.05) is 16.4 Å². The van der Waals surface area contributed by atoms with Crippen molar-refractivity contribution in [2.24, 2.45) is 0 Å². The van der Waals surface area contributed by atoms with E-state index < -0.39 is 6.04 Å². The number of halogens is 1. The van der Waals surface area contributed by atoms with Crippen molar-refractivity contribution in [2.75, 3.05) is 16.9 Å². The molecule has 0 spiro atoms. The molecule has 1 atom stereocenters. The fourth-order valence-corrected chi connectivity index (χ4v) is 4.19. The van der Waals surface area contributed by atoms with Gasteiger partial charge < -0.3 is 10.6 Å². The van der Waals surface area contributed by atoms with Crippen molar-refractivity contribution in [3.8, 4) is 0 Å². The van der Waals surface area contributed by atoms with Crippen LogP contribution in [0.25, 0.3) is 0 Å². The van der Waals surface area contributed by atoms with Gasteiger partial charge in [-0.15, -0.1) is 5.10 Å². The average molecular weight is 440 g/mol. The highest BCUT2D eigenvalue weighted by Gasteiger charge is 2.34. The molecule has 1 aromatic heterocycles. The number of amides is 1. The quantitative estimate of drug-likeness (QED) is 0.547.